The number of benzene rings is 2. The van der Waals surface area contributed by atoms with Crippen molar-refractivity contribution < 1.29 is 36.3 Å². The van der Waals surface area contributed by atoms with Gasteiger partial charge in [-0.3, -0.25) is 0 Å². The highest BCUT2D eigenvalue weighted by atomic mass is 32.2. The van der Waals surface area contributed by atoms with Crippen molar-refractivity contribution in [3.8, 4) is 17.2 Å². The Balaban J connectivity index is 1.99. The topological polar surface area (TPSA) is 97.4 Å². The third kappa shape index (κ3) is 9.52. The molecule has 0 fully saturated rings. The van der Waals surface area contributed by atoms with E-state index in [0.717, 1.165) is 12.0 Å². The molecule has 0 bridgehead atoms. The van der Waals surface area contributed by atoms with Gasteiger partial charge in [0.25, 0.3) is 0 Å². The predicted molar refractivity (Wildman–Crippen MR) is 134 cm³/mol. The van der Waals surface area contributed by atoms with Crippen LogP contribution in [0.2, 0.25) is 0 Å². The monoisotopic (exact) mass is 506 g/mol. The number of esters is 1. The lowest BCUT2D eigenvalue weighted by Gasteiger charge is -2.12. The second kappa shape index (κ2) is 14.3. The molecule has 0 radical (unpaired) electrons. The smallest absolute Gasteiger partial charge is 0.373 e. The molecule has 0 heterocycles. The van der Waals surface area contributed by atoms with Gasteiger partial charge >= 0.3 is 16.1 Å². The molecule has 0 spiro atoms. The van der Waals surface area contributed by atoms with Crippen molar-refractivity contribution in [1.82, 2.24) is 0 Å². The summed E-state index contributed by atoms with van der Waals surface area (Å²) < 4.78 is 50.7. The summed E-state index contributed by atoms with van der Waals surface area (Å²) in [4.78, 5) is 12.1. The molecule has 35 heavy (non-hydrogen) atoms. The molecule has 2 aromatic rings. The highest BCUT2D eigenvalue weighted by Gasteiger charge is 2.14. The Morgan fingerprint density at radius 3 is 2.29 bits per heavy atom. The maximum absolute atomic E-state index is 12.1. The normalized spacial score (nSPS) is 11.6. The van der Waals surface area contributed by atoms with Crippen molar-refractivity contribution >= 4 is 22.2 Å². The number of methoxy groups -OCH3 is 1. The maximum Gasteiger partial charge on any atom is 0.373 e. The molecule has 0 unspecified atom stereocenters. The quantitative estimate of drug-likeness (QED) is 0.148. The lowest BCUT2D eigenvalue weighted by Crippen LogP contribution is -2.13. The molecule has 9 heteroatoms. The highest BCUT2D eigenvalue weighted by Crippen LogP contribution is 2.29. The molecule has 0 N–H and O–H groups in total. The summed E-state index contributed by atoms with van der Waals surface area (Å²) in [7, 11) is -2.03. The second-order valence-corrected chi connectivity index (χ2v) is 9.20. The highest BCUT2D eigenvalue weighted by molar-refractivity contribution is 7.87. The van der Waals surface area contributed by atoms with Crippen LogP contribution >= 0.6 is 0 Å². The van der Waals surface area contributed by atoms with E-state index in [4.69, 9.17) is 23.1 Å². The fraction of sp³-hybridized carbons (Fsp3) is 0.423. The molecule has 0 atom stereocenters. The van der Waals surface area contributed by atoms with Crippen molar-refractivity contribution in [2.24, 2.45) is 0 Å². The maximum atomic E-state index is 12.1. The third-order valence-corrected chi connectivity index (χ3v) is 6.04. The van der Waals surface area contributed by atoms with Gasteiger partial charge in [0.2, 0.25) is 5.76 Å². The molecule has 0 aliphatic carbocycles. The first kappa shape index (κ1) is 28.0. The van der Waals surface area contributed by atoms with E-state index in [9.17, 15) is 13.2 Å². The van der Waals surface area contributed by atoms with Crippen LogP contribution < -0.4 is 13.7 Å². The summed E-state index contributed by atoms with van der Waals surface area (Å²) in [6.07, 6.45) is 3.55. The first-order valence-corrected chi connectivity index (χ1v) is 13.2. The van der Waals surface area contributed by atoms with Gasteiger partial charge in [-0.15, -0.1) is 0 Å². The van der Waals surface area contributed by atoms with Crippen LogP contribution in [-0.2, 0) is 30.8 Å². The Kier molecular flexibility index (Phi) is 11.4. The molecule has 0 aliphatic heterocycles. The molecular formula is C26H34O8S. The standard InChI is InChI=1S/C26H34O8S/c1-5-8-17-35(28,29)34-22-12-9-20(10-13-22)15-16-33-23-14-11-21(18-24(23)30-4)19-25(31-6-2)26(27)32-7-3/h9-14,18-19H,5-8,15-17H2,1-4H3/b25-19-. The van der Waals surface area contributed by atoms with Crippen LogP contribution in [0, 0.1) is 0 Å². The van der Waals surface area contributed by atoms with Gasteiger partial charge in [0.1, 0.15) is 5.75 Å². The van der Waals surface area contributed by atoms with Gasteiger partial charge in [-0.2, -0.15) is 8.42 Å². The van der Waals surface area contributed by atoms with Crippen LogP contribution in [0.25, 0.3) is 6.08 Å². The van der Waals surface area contributed by atoms with Gasteiger partial charge in [0.15, 0.2) is 11.5 Å². The van der Waals surface area contributed by atoms with Crippen molar-refractivity contribution in [3.05, 3.63) is 59.4 Å². The molecule has 192 valence electrons. The Labute approximate surface area is 207 Å². The molecule has 0 saturated heterocycles. The summed E-state index contributed by atoms with van der Waals surface area (Å²) in [5, 5.41) is 0. The molecule has 0 aromatic heterocycles. The van der Waals surface area contributed by atoms with Gasteiger partial charge in [-0.1, -0.05) is 31.5 Å². The zero-order valence-corrected chi connectivity index (χ0v) is 21.6. The fourth-order valence-corrected chi connectivity index (χ4v) is 4.19. The summed E-state index contributed by atoms with van der Waals surface area (Å²) in [5.41, 5.74) is 1.67. The summed E-state index contributed by atoms with van der Waals surface area (Å²) in [6, 6.07) is 12.2. The van der Waals surface area contributed by atoms with Crippen LogP contribution in [0.5, 0.6) is 17.2 Å². The number of rotatable bonds is 15. The zero-order chi connectivity index (χ0) is 25.7. The SMILES string of the molecule is CCCCS(=O)(=O)Oc1ccc(CCOc2ccc(/C=C(\OCC)C(=O)OCC)cc2OC)cc1. The lowest BCUT2D eigenvalue weighted by atomic mass is 10.1. The van der Waals surface area contributed by atoms with Crippen LogP contribution in [-0.4, -0.2) is 47.1 Å². The van der Waals surface area contributed by atoms with Gasteiger partial charge < -0.3 is 23.1 Å². The van der Waals surface area contributed by atoms with Crippen molar-refractivity contribution in [2.75, 3.05) is 32.7 Å². The van der Waals surface area contributed by atoms with E-state index in [0.29, 0.717) is 48.9 Å². The van der Waals surface area contributed by atoms with E-state index in [2.05, 4.69) is 0 Å². The van der Waals surface area contributed by atoms with Gasteiger partial charge in [-0.05, 0) is 61.7 Å². The number of hydrogen-bond acceptors (Lipinski definition) is 8. The molecule has 0 saturated carbocycles. The van der Waals surface area contributed by atoms with E-state index in [1.165, 1.54) is 7.11 Å². The fourth-order valence-electron chi connectivity index (χ4n) is 3.06. The van der Waals surface area contributed by atoms with E-state index in [1.807, 2.05) is 19.1 Å². The molecule has 8 nitrogen and oxygen atoms in total. The average molecular weight is 507 g/mol. The van der Waals surface area contributed by atoms with E-state index < -0.39 is 16.1 Å². The van der Waals surface area contributed by atoms with Crippen LogP contribution in [0.3, 0.4) is 0 Å². The molecule has 0 aliphatic rings. The van der Waals surface area contributed by atoms with E-state index in [1.54, 1.807) is 50.3 Å². The van der Waals surface area contributed by atoms with Crippen LogP contribution in [0.15, 0.2) is 48.2 Å². The van der Waals surface area contributed by atoms with E-state index >= 15 is 0 Å². The molecular weight excluding hydrogens is 472 g/mol. The zero-order valence-electron chi connectivity index (χ0n) is 20.7. The van der Waals surface area contributed by atoms with Gasteiger partial charge in [0, 0.05) is 6.42 Å². The number of hydrogen-bond donors (Lipinski definition) is 0. The van der Waals surface area contributed by atoms with Crippen LogP contribution in [0.1, 0.15) is 44.7 Å². The Morgan fingerprint density at radius 2 is 1.66 bits per heavy atom. The first-order valence-electron chi connectivity index (χ1n) is 11.6. The molecule has 2 rings (SSSR count). The summed E-state index contributed by atoms with van der Waals surface area (Å²) >= 11 is 0. The van der Waals surface area contributed by atoms with Crippen molar-refractivity contribution in [1.29, 1.82) is 0 Å². The van der Waals surface area contributed by atoms with Gasteiger partial charge in [-0.25, -0.2) is 4.79 Å². The molecule has 0 amide bonds. The number of carbonyl (C=O) groups is 1. The van der Waals surface area contributed by atoms with Crippen molar-refractivity contribution in [3.63, 3.8) is 0 Å². The van der Waals surface area contributed by atoms with E-state index in [-0.39, 0.29) is 18.1 Å². The second-order valence-electron chi connectivity index (χ2n) is 7.51. The third-order valence-electron chi connectivity index (χ3n) is 4.80. The first-order chi connectivity index (χ1) is 16.8. The van der Waals surface area contributed by atoms with Crippen LogP contribution in [0.4, 0.5) is 0 Å². The number of ether oxygens (including phenoxy) is 4. The predicted octanol–water partition coefficient (Wildman–Crippen LogP) is 4.77. The number of unbranched alkanes of at least 4 members (excludes halogenated alkanes) is 1. The minimum absolute atomic E-state index is 0.00523. The average Bonchev–Trinajstić information content (AvgIpc) is 2.84. The largest absolute Gasteiger partial charge is 0.493 e. The molecule has 2 aromatic carbocycles. The number of carbonyl (C=O) groups excluding carboxylic acids is 1. The Morgan fingerprint density at radius 1 is 0.943 bits per heavy atom. The Hall–Kier alpha value is -3.20. The lowest BCUT2D eigenvalue weighted by molar-refractivity contribution is -0.142. The van der Waals surface area contributed by atoms with Crippen molar-refractivity contribution in [2.45, 2.75) is 40.0 Å². The summed E-state index contributed by atoms with van der Waals surface area (Å²) in [6.45, 7) is 6.43. The Bertz CT molecular complexity index is 1080. The minimum Gasteiger partial charge on any atom is -0.493 e. The summed E-state index contributed by atoms with van der Waals surface area (Å²) in [5.74, 6) is 0.968. The minimum atomic E-state index is -3.57. The van der Waals surface area contributed by atoms with Gasteiger partial charge in [0.05, 0.1) is 32.7 Å².